The highest BCUT2D eigenvalue weighted by atomic mass is 19.4. The van der Waals surface area contributed by atoms with E-state index in [1.54, 1.807) is 24.3 Å². The topological polar surface area (TPSA) is 64.1 Å². The minimum absolute atomic E-state index is 0.121. The van der Waals surface area contributed by atoms with Crippen LogP contribution in [0.15, 0.2) is 29.1 Å². The van der Waals surface area contributed by atoms with Gasteiger partial charge in [-0.2, -0.15) is 13.2 Å². The lowest BCUT2D eigenvalue weighted by Crippen LogP contribution is -2.42. The van der Waals surface area contributed by atoms with Crippen LogP contribution in [0, 0.1) is 0 Å². The molecule has 1 aromatic carbocycles. The molecule has 0 bridgehead atoms. The van der Waals surface area contributed by atoms with Crippen molar-refractivity contribution < 1.29 is 22.7 Å². The summed E-state index contributed by atoms with van der Waals surface area (Å²) in [7, 11) is 0.813. The van der Waals surface area contributed by atoms with E-state index in [1.807, 2.05) is 20.8 Å². The van der Waals surface area contributed by atoms with Crippen LogP contribution in [0.2, 0.25) is 0 Å². The normalized spacial score (nSPS) is 13.5. The van der Waals surface area contributed by atoms with Gasteiger partial charge in [0.1, 0.15) is 0 Å². The second-order valence-corrected chi connectivity index (χ2v) is 6.77. The number of halogens is 3. The summed E-state index contributed by atoms with van der Waals surface area (Å²) < 4.78 is 44.9. The van der Waals surface area contributed by atoms with Crippen molar-refractivity contribution in [3.63, 3.8) is 0 Å². The summed E-state index contributed by atoms with van der Waals surface area (Å²) in [5, 5.41) is 1.30. The number of benzene rings is 1. The van der Waals surface area contributed by atoms with Crippen molar-refractivity contribution in [3.05, 3.63) is 50.8 Å². The van der Waals surface area contributed by atoms with Crippen LogP contribution in [-0.2, 0) is 14.9 Å². The molecule has 0 fully saturated rings. The first-order valence-corrected chi connectivity index (χ1v) is 7.68. The number of esters is 1. The smallest absolute Gasteiger partial charge is 0.424 e. The number of alkyl halides is 3. The Labute approximate surface area is 147 Å². The third kappa shape index (κ3) is 3.58. The van der Waals surface area contributed by atoms with Crippen LogP contribution in [0.3, 0.4) is 0 Å². The molecule has 0 aliphatic rings. The van der Waals surface area contributed by atoms with Crippen LogP contribution in [-0.4, -0.2) is 29.0 Å². The SMILES string of the molecule is C=c1[nH]n(-c2ccc(C(C)(C)C)cc2)c(=O)c1=C(C(=O)OC)C(F)(F)F. The van der Waals surface area contributed by atoms with Gasteiger partial charge in [-0.15, -0.1) is 0 Å². The number of nitrogens with zero attached hydrogens (tertiary/aromatic N) is 1. The third-order valence-corrected chi connectivity index (χ3v) is 3.88. The number of methoxy groups -OCH3 is 1. The van der Waals surface area contributed by atoms with Crippen molar-refractivity contribution in [2.24, 2.45) is 0 Å². The molecule has 8 heteroatoms. The second kappa shape index (κ2) is 6.51. The quantitative estimate of drug-likeness (QED) is 0.822. The monoisotopic (exact) mass is 368 g/mol. The van der Waals surface area contributed by atoms with Crippen LogP contribution >= 0.6 is 0 Å². The van der Waals surface area contributed by atoms with Gasteiger partial charge in [0.15, 0.2) is 5.57 Å². The number of nitrogens with one attached hydrogen (secondary N) is 1. The molecule has 26 heavy (non-hydrogen) atoms. The van der Waals surface area contributed by atoms with E-state index >= 15 is 0 Å². The first kappa shape index (κ1) is 19.6. The summed E-state index contributed by atoms with van der Waals surface area (Å²) >= 11 is 0. The number of H-pyrrole nitrogens is 1. The fourth-order valence-corrected chi connectivity index (χ4v) is 2.49. The van der Waals surface area contributed by atoms with Crippen molar-refractivity contribution in [1.82, 2.24) is 9.78 Å². The molecule has 1 heterocycles. The molecule has 2 rings (SSSR count). The Kier molecular flexibility index (Phi) is 4.90. The zero-order chi connectivity index (χ0) is 19.9. The Hall–Kier alpha value is -2.77. The molecule has 0 amide bonds. The Balaban J connectivity index is 2.76. The molecule has 5 nitrogen and oxygen atoms in total. The van der Waals surface area contributed by atoms with E-state index in [0.29, 0.717) is 5.69 Å². The molecule has 0 radical (unpaired) electrons. The van der Waals surface area contributed by atoms with Gasteiger partial charge in [0.05, 0.1) is 23.4 Å². The summed E-state index contributed by atoms with van der Waals surface area (Å²) in [4.78, 5) is 24.1. The Morgan fingerprint density at radius 3 is 2.12 bits per heavy atom. The number of aromatic amines is 1. The van der Waals surface area contributed by atoms with Gasteiger partial charge in [0.2, 0.25) is 0 Å². The van der Waals surface area contributed by atoms with Crippen molar-refractivity contribution in [3.8, 4) is 5.69 Å². The van der Waals surface area contributed by atoms with Gasteiger partial charge in [0, 0.05) is 0 Å². The van der Waals surface area contributed by atoms with E-state index in [9.17, 15) is 22.8 Å². The first-order chi connectivity index (χ1) is 11.9. The van der Waals surface area contributed by atoms with Gasteiger partial charge in [-0.3, -0.25) is 9.89 Å². The predicted molar refractivity (Wildman–Crippen MR) is 91.3 cm³/mol. The summed E-state index contributed by atoms with van der Waals surface area (Å²) in [6, 6.07) is 6.76. The van der Waals surface area contributed by atoms with Crippen LogP contribution in [0.1, 0.15) is 26.3 Å². The van der Waals surface area contributed by atoms with Gasteiger partial charge < -0.3 is 4.74 Å². The first-order valence-electron chi connectivity index (χ1n) is 7.68. The van der Waals surface area contributed by atoms with Gasteiger partial charge >= 0.3 is 12.1 Å². The van der Waals surface area contributed by atoms with E-state index < -0.39 is 28.5 Å². The number of carbonyl (C=O) groups is 1. The van der Waals surface area contributed by atoms with Gasteiger partial charge in [-0.1, -0.05) is 39.5 Å². The summed E-state index contributed by atoms with van der Waals surface area (Å²) in [6.07, 6.45) is -5.06. The number of hydrogen-bond donors (Lipinski definition) is 1. The van der Waals surface area contributed by atoms with E-state index in [0.717, 1.165) is 17.4 Å². The fourth-order valence-electron chi connectivity index (χ4n) is 2.49. The Morgan fingerprint density at radius 2 is 1.69 bits per heavy atom. The maximum absolute atomic E-state index is 13.3. The highest BCUT2D eigenvalue weighted by molar-refractivity contribution is 6.11. The molecule has 0 saturated carbocycles. The molecule has 2 aromatic rings. The predicted octanol–water partition coefficient (Wildman–Crippen LogP) is 1.76. The molecular weight excluding hydrogens is 349 g/mol. The summed E-state index contributed by atoms with van der Waals surface area (Å²) in [5.74, 6) is -1.64. The highest BCUT2D eigenvalue weighted by Crippen LogP contribution is 2.26. The average Bonchev–Trinajstić information content (AvgIpc) is 2.81. The lowest BCUT2D eigenvalue weighted by atomic mass is 9.87. The molecule has 1 N–H and O–H groups in total. The molecule has 0 unspecified atom stereocenters. The molecule has 0 spiro atoms. The van der Waals surface area contributed by atoms with Crippen LogP contribution < -0.4 is 16.1 Å². The van der Waals surface area contributed by atoms with Gasteiger partial charge in [-0.05, 0) is 23.1 Å². The zero-order valence-corrected chi connectivity index (χ0v) is 14.8. The Bertz CT molecular complexity index is 991. The van der Waals surface area contributed by atoms with E-state index in [1.165, 1.54) is 0 Å². The Morgan fingerprint density at radius 1 is 1.15 bits per heavy atom. The summed E-state index contributed by atoms with van der Waals surface area (Å²) in [6.45, 7) is 9.46. The number of rotatable bonds is 2. The lowest BCUT2D eigenvalue weighted by molar-refractivity contribution is -0.140. The van der Waals surface area contributed by atoms with Crippen molar-refractivity contribution in [2.45, 2.75) is 32.4 Å². The molecule has 140 valence electrons. The van der Waals surface area contributed by atoms with E-state index in [2.05, 4.69) is 16.4 Å². The van der Waals surface area contributed by atoms with Gasteiger partial charge in [-0.25, -0.2) is 9.48 Å². The zero-order valence-electron chi connectivity index (χ0n) is 14.8. The van der Waals surface area contributed by atoms with Crippen molar-refractivity contribution >= 4 is 18.1 Å². The van der Waals surface area contributed by atoms with Crippen LogP contribution in [0.5, 0.6) is 0 Å². The third-order valence-electron chi connectivity index (χ3n) is 3.88. The molecule has 1 aromatic heterocycles. The molecular formula is C18H19F3N2O3. The fraction of sp³-hybridized carbons (Fsp3) is 0.333. The number of carbonyl (C=O) groups excluding carboxylic acids is 1. The van der Waals surface area contributed by atoms with E-state index in [-0.39, 0.29) is 10.8 Å². The molecule has 0 saturated heterocycles. The summed E-state index contributed by atoms with van der Waals surface area (Å²) in [5.41, 5.74) is -1.52. The largest absolute Gasteiger partial charge is 0.465 e. The van der Waals surface area contributed by atoms with E-state index in [4.69, 9.17) is 0 Å². The van der Waals surface area contributed by atoms with Crippen molar-refractivity contribution in [1.29, 1.82) is 0 Å². The van der Waals surface area contributed by atoms with Crippen molar-refractivity contribution in [2.75, 3.05) is 7.11 Å². The second-order valence-electron chi connectivity index (χ2n) is 6.77. The van der Waals surface area contributed by atoms with Crippen LogP contribution in [0.4, 0.5) is 13.2 Å². The van der Waals surface area contributed by atoms with Gasteiger partial charge in [0.25, 0.3) is 5.56 Å². The molecule has 0 aliphatic carbocycles. The molecule has 0 atom stereocenters. The minimum Gasteiger partial charge on any atom is -0.465 e. The average molecular weight is 368 g/mol. The highest BCUT2D eigenvalue weighted by Gasteiger charge is 2.41. The number of hydrogen-bond acceptors (Lipinski definition) is 3. The van der Waals surface area contributed by atoms with Crippen LogP contribution in [0.25, 0.3) is 17.8 Å². The molecule has 0 aliphatic heterocycles. The maximum Gasteiger partial charge on any atom is 0.424 e. The number of ether oxygens (including phenoxy) is 1. The number of aromatic nitrogens is 2. The standard InChI is InChI=1S/C18H19F3N2O3/c1-10-13(14(16(25)26-5)18(19,20)21)15(24)23(22-10)12-8-6-11(7-9-12)17(2,3)4/h6-9,22H,1H2,2-5H3. The maximum atomic E-state index is 13.3. The lowest BCUT2D eigenvalue weighted by Gasteiger charge is -2.19. The minimum atomic E-state index is -5.06.